The number of carboxylic acid groups (broad SMARTS) is 1. The third-order valence-corrected chi connectivity index (χ3v) is 4.43. The molecule has 2 fully saturated rings. The molecule has 0 aromatic heterocycles. The second kappa shape index (κ2) is 4.79. The molecule has 2 aliphatic rings. The Morgan fingerprint density at radius 2 is 2.00 bits per heavy atom. The number of hydrogen-bond acceptors (Lipinski definition) is 4. The first-order valence-corrected chi connectivity index (χ1v) is 6.94. The first kappa shape index (κ1) is 14.3. The van der Waals surface area contributed by atoms with E-state index in [2.05, 4.69) is 7.85 Å². The van der Waals surface area contributed by atoms with E-state index in [0.29, 0.717) is 19.4 Å². The number of nitrogens with zero attached hydrogens (tertiary/aromatic N) is 1. The second-order valence-electron chi connectivity index (χ2n) is 6.03. The Hall–Kier alpha value is -1.08. The van der Waals surface area contributed by atoms with Crippen molar-refractivity contribution < 1.29 is 14.7 Å². The Labute approximate surface area is 113 Å². The molecule has 1 aliphatic carbocycles. The molecule has 1 saturated carbocycles. The van der Waals surface area contributed by atoms with Crippen molar-refractivity contribution in [3.8, 4) is 0 Å². The molecule has 0 radical (unpaired) electrons. The van der Waals surface area contributed by atoms with E-state index in [1.165, 1.54) is 0 Å². The summed E-state index contributed by atoms with van der Waals surface area (Å²) in [4.78, 5) is 25.2. The summed E-state index contributed by atoms with van der Waals surface area (Å²) in [6, 6.07) is 0. The molecule has 2 rings (SSSR count). The Morgan fingerprint density at radius 1 is 1.37 bits per heavy atom. The maximum absolute atomic E-state index is 12.2. The van der Waals surface area contributed by atoms with Gasteiger partial charge in [0.1, 0.15) is 13.4 Å². The zero-order chi connectivity index (χ0) is 14.3. The zero-order valence-electron chi connectivity index (χ0n) is 11.4. The maximum atomic E-state index is 12.2. The number of aliphatic carboxylic acids is 1. The average Bonchev–Trinajstić information content (AvgIpc) is 3.01. The normalized spacial score (nSPS) is 32.3. The molecule has 106 valence electrons. The van der Waals surface area contributed by atoms with Crippen molar-refractivity contribution in [2.24, 2.45) is 17.4 Å². The van der Waals surface area contributed by atoms with Crippen LogP contribution in [0, 0.1) is 5.92 Å². The molecular formula is C12H22BN3O3. The summed E-state index contributed by atoms with van der Waals surface area (Å²) >= 11 is 0. The monoisotopic (exact) mass is 267 g/mol. The van der Waals surface area contributed by atoms with Gasteiger partial charge in [0.25, 0.3) is 0 Å². The highest BCUT2D eigenvalue weighted by Gasteiger charge is 2.55. The molecule has 2 atom stereocenters. The van der Waals surface area contributed by atoms with Gasteiger partial charge in [-0.05, 0) is 19.3 Å². The molecule has 0 unspecified atom stereocenters. The van der Waals surface area contributed by atoms with E-state index < -0.39 is 17.0 Å². The summed E-state index contributed by atoms with van der Waals surface area (Å²) in [7, 11) is 2.05. The van der Waals surface area contributed by atoms with Gasteiger partial charge in [-0.1, -0.05) is 12.7 Å². The first-order valence-electron chi connectivity index (χ1n) is 6.94. The van der Waals surface area contributed by atoms with E-state index >= 15 is 0 Å². The predicted molar refractivity (Wildman–Crippen MR) is 73.4 cm³/mol. The van der Waals surface area contributed by atoms with Crippen LogP contribution in [0.2, 0.25) is 6.32 Å². The Bertz CT molecular complexity index is 400. The molecule has 0 spiro atoms. The van der Waals surface area contributed by atoms with Gasteiger partial charge in [0.15, 0.2) is 0 Å². The highest BCUT2D eigenvalue weighted by Crippen LogP contribution is 2.38. The average molecular weight is 267 g/mol. The fraction of sp³-hybridized carbons (Fsp3) is 0.833. The van der Waals surface area contributed by atoms with Gasteiger partial charge in [0.05, 0.1) is 5.54 Å². The quantitative estimate of drug-likeness (QED) is 0.528. The predicted octanol–water partition coefficient (Wildman–Crippen LogP) is -1.45. The van der Waals surface area contributed by atoms with Gasteiger partial charge in [-0.15, -0.1) is 0 Å². The van der Waals surface area contributed by atoms with E-state index in [4.69, 9.17) is 11.5 Å². The minimum absolute atomic E-state index is 0.0779. The van der Waals surface area contributed by atoms with Gasteiger partial charge in [-0.25, -0.2) is 0 Å². The van der Waals surface area contributed by atoms with Crippen molar-refractivity contribution in [3.05, 3.63) is 0 Å². The van der Waals surface area contributed by atoms with Gasteiger partial charge in [-0.2, -0.15) is 0 Å². The molecule has 1 saturated heterocycles. The molecule has 1 amide bonds. The third kappa shape index (κ3) is 2.49. The summed E-state index contributed by atoms with van der Waals surface area (Å²) in [6.45, 7) is 0.495. The van der Waals surface area contributed by atoms with E-state index in [0.717, 1.165) is 19.2 Å². The lowest BCUT2D eigenvalue weighted by atomic mass is 9.83. The van der Waals surface area contributed by atoms with Crippen LogP contribution in [-0.2, 0) is 9.59 Å². The molecule has 0 bridgehead atoms. The number of nitrogens with two attached hydrogens (primary N) is 2. The zero-order valence-corrected chi connectivity index (χ0v) is 11.4. The van der Waals surface area contributed by atoms with Gasteiger partial charge < -0.3 is 21.5 Å². The highest BCUT2D eigenvalue weighted by molar-refractivity contribution is 6.08. The van der Waals surface area contributed by atoms with E-state index in [9.17, 15) is 14.7 Å². The van der Waals surface area contributed by atoms with Crippen molar-refractivity contribution in [2.45, 2.75) is 43.1 Å². The second-order valence-corrected chi connectivity index (χ2v) is 6.03. The first-order chi connectivity index (χ1) is 8.83. The highest BCUT2D eigenvalue weighted by atomic mass is 16.4. The fourth-order valence-corrected chi connectivity index (χ4v) is 2.80. The van der Waals surface area contributed by atoms with Gasteiger partial charge in [0.2, 0.25) is 5.91 Å². The fourth-order valence-electron chi connectivity index (χ4n) is 2.80. The SMILES string of the molecule is BCCC[C@H]1CN(C(=O)C2(N)CC2)C[C@@]1(N)C(=O)O. The van der Waals surface area contributed by atoms with Crippen LogP contribution in [0.15, 0.2) is 0 Å². The van der Waals surface area contributed by atoms with Crippen molar-refractivity contribution in [3.63, 3.8) is 0 Å². The van der Waals surface area contributed by atoms with Crippen molar-refractivity contribution in [2.75, 3.05) is 13.1 Å². The minimum atomic E-state index is -1.32. The summed E-state index contributed by atoms with van der Waals surface area (Å²) in [5, 5.41) is 9.37. The van der Waals surface area contributed by atoms with E-state index in [1.54, 1.807) is 4.90 Å². The topological polar surface area (TPSA) is 110 Å². The molecule has 5 N–H and O–H groups in total. The van der Waals surface area contributed by atoms with E-state index in [1.807, 2.05) is 0 Å². The minimum Gasteiger partial charge on any atom is -0.480 e. The number of hydrogen-bond donors (Lipinski definition) is 3. The molecule has 1 aliphatic heterocycles. The lowest BCUT2D eigenvalue weighted by Crippen LogP contribution is -2.55. The third-order valence-electron chi connectivity index (χ3n) is 4.43. The molecular weight excluding hydrogens is 245 g/mol. The summed E-state index contributed by atoms with van der Waals surface area (Å²) in [6.07, 6.45) is 4.02. The van der Waals surface area contributed by atoms with Crippen molar-refractivity contribution >= 4 is 19.7 Å². The largest absolute Gasteiger partial charge is 0.480 e. The summed E-state index contributed by atoms with van der Waals surface area (Å²) in [5.41, 5.74) is 9.87. The lowest BCUT2D eigenvalue weighted by Gasteiger charge is -2.25. The molecule has 0 aromatic rings. The molecule has 0 aromatic carbocycles. The van der Waals surface area contributed by atoms with Crippen molar-refractivity contribution in [1.82, 2.24) is 4.90 Å². The molecule has 7 heteroatoms. The maximum Gasteiger partial charge on any atom is 0.325 e. The lowest BCUT2D eigenvalue weighted by molar-refractivity contribution is -0.144. The molecule has 6 nitrogen and oxygen atoms in total. The van der Waals surface area contributed by atoms with Crippen LogP contribution in [0.5, 0.6) is 0 Å². The summed E-state index contributed by atoms with van der Waals surface area (Å²) in [5.74, 6) is -1.34. The van der Waals surface area contributed by atoms with Gasteiger partial charge >= 0.3 is 5.97 Å². The van der Waals surface area contributed by atoms with Crippen LogP contribution in [0.3, 0.4) is 0 Å². The number of rotatable bonds is 5. The van der Waals surface area contributed by atoms with Crippen LogP contribution >= 0.6 is 0 Å². The summed E-state index contributed by atoms with van der Waals surface area (Å²) < 4.78 is 0. The number of carbonyl (C=O) groups excluding carboxylic acids is 1. The molecule has 1 heterocycles. The van der Waals surface area contributed by atoms with E-state index in [-0.39, 0.29) is 18.4 Å². The smallest absolute Gasteiger partial charge is 0.325 e. The molecule has 19 heavy (non-hydrogen) atoms. The van der Waals surface area contributed by atoms with Crippen LogP contribution < -0.4 is 11.5 Å². The van der Waals surface area contributed by atoms with Crippen molar-refractivity contribution in [1.29, 1.82) is 0 Å². The van der Waals surface area contributed by atoms with Gasteiger partial charge in [-0.3, -0.25) is 9.59 Å². The van der Waals surface area contributed by atoms with Crippen LogP contribution in [0.25, 0.3) is 0 Å². The van der Waals surface area contributed by atoms with Crippen LogP contribution in [-0.4, -0.2) is 53.9 Å². The standard InChI is InChI=1S/C12H22BN3O3/c13-5-1-2-8-6-16(7-12(8,15)10(18)19)9(17)11(14)3-4-11/h8H,1-7,13-15H2,(H,18,19)/t8-,12-/m0/s1. The van der Waals surface area contributed by atoms with Crippen LogP contribution in [0.4, 0.5) is 0 Å². The number of carboxylic acids is 1. The number of amides is 1. The number of likely N-dealkylation sites (tertiary alicyclic amines) is 1. The van der Waals surface area contributed by atoms with Crippen LogP contribution in [0.1, 0.15) is 25.7 Å². The van der Waals surface area contributed by atoms with Gasteiger partial charge in [0, 0.05) is 19.0 Å². The Balaban J connectivity index is 2.10. The Morgan fingerprint density at radius 3 is 2.47 bits per heavy atom. The Kier molecular flexibility index (Phi) is 3.62. The number of carbonyl (C=O) groups is 2.